The van der Waals surface area contributed by atoms with Gasteiger partial charge in [0.1, 0.15) is 5.69 Å². The molecule has 168 valence electrons. The topological polar surface area (TPSA) is 84.0 Å². The number of carbonyl (C=O) groups excluding carboxylic acids is 2. The minimum atomic E-state index is -0.223. The smallest absolute Gasteiger partial charge is 0.273 e. The first kappa shape index (κ1) is 23.5. The van der Waals surface area contributed by atoms with Crippen LogP contribution in [0.3, 0.4) is 0 Å². The number of amides is 2. The molecule has 1 saturated heterocycles. The van der Waals surface area contributed by atoms with E-state index < -0.39 is 0 Å². The number of nitrogens with one attached hydrogen (secondary N) is 1. The van der Waals surface area contributed by atoms with Gasteiger partial charge in [-0.25, -0.2) is 4.98 Å². The van der Waals surface area contributed by atoms with Gasteiger partial charge in [0.25, 0.3) is 5.91 Å². The van der Waals surface area contributed by atoms with Gasteiger partial charge in [-0.2, -0.15) is 0 Å². The molecule has 0 aliphatic carbocycles. The first-order chi connectivity index (χ1) is 15.0. The lowest BCUT2D eigenvalue weighted by atomic mass is 10.2. The summed E-state index contributed by atoms with van der Waals surface area (Å²) >= 11 is 7.42. The molecule has 1 aliphatic rings. The molecule has 2 amide bonds. The maximum absolute atomic E-state index is 13.0. The predicted octanol–water partition coefficient (Wildman–Crippen LogP) is 3.19. The van der Waals surface area contributed by atoms with Crippen molar-refractivity contribution in [2.45, 2.75) is 13.3 Å². The van der Waals surface area contributed by atoms with Crippen LogP contribution in [0.2, 0.25) is 5.02 Å². The Morgan fingerprint density at radius 2 is 2.10 bits per heavy atom. The van der Waals surface area contributed by atoms with Crippen molar-refractivity contribution in [3.8, 4) is 0 Å². The number of methoxy groups -OCH3 is 1. The highest BCUT2D eigenvalue weighted by Crippen LogP contribution is 2.26. The number of nitrogens with zero attached hydrogens (tertiary/aromatic N) is 3. The number of halogens is 1. The van der Waals surface area contributed by atoms with Crippen LogP contribution in [-0.2, 0) is 14.3 Å². The first-order valence-electron chi connectivity index (χ1n) is 10.1. The van der Waals surface area contributed by atoms with Crippen molar-refractivity contribution in [3.05, 3.63) is 39.9 Å². The van der Waals surface area contributed by atoms with Crippen LogP contribution in [0, 0.1) is 6.92 Å². The summed E-state index contributed by atoms with van der Waals surface area (Å²) in [5.41, 5.74) is 2.20. The Morgan fingerprint density at radius 3 is 2.84 bits per heavy atom. The zero-order valence-corrected chi connectivity index (χ0v) is 19.3. The van der Waals surface area contributed by atoms with E-state index in [-0.39, 0.29) is 18.2 Å². The van der Waals surface area contributed by atoms with Gasteiger partial charge in [-0.1, -0.05) is 17.7 Å². The second-order valence-corrected chi connectivity index (χ2v) is 8.44. The minimum Gasteiger partial charge on any atom is -0.383 e. The molecule has 1 N–H and O–H groups in total. The van der Waals surface area contributed by atoms with Crippen LogP contribution in [0.1, 0.15) is 22.5 Å². The Kier molecular flexibility index (Phi) is 8.65. The summed E-state index contributed by atoms with van der Waals surface area (Å²) in [4.78, 5) is 33.4. The largest absolute Gasteiger partial charge is 0.383 e. The minimum absolute atomic E-state index is 0.0237. The molecule has 3 rings (SSSR count). The van der Waals surface area contributed by atoms with Gasteiger partial charge < -0.3 is 24.6 Å². The van der Waals surface area contributed by atoms with Crippen molar-refractivity contribution in [3.63, 3.8) is 0 Å². The zero-order chi connectivity index (χ0) is 22.2. The standard InChI is InChI=1S/C21H27ClN4O4S/c1-15-3-4-16(22)13-17(15)23-21-24-18(14-31-21)20(28)26(7-10-29-2)6-5-19(27)25-8-11-30-12-9-25/h3-4,13-14H,5-12H2,1-2H3,(H,23,24). The number of hydrogen-bond acceptors (Lipinski definition) is 7. The van der Waals surface area contributed by atoms with Gasteiger partial charge in [0.2, 0.25) is 5.91 Å². The van der Waals surface area contributed by atoms with E-state index in [0.717, 1.165) is 11.3 Å². The van der Waals surface area contributed by atoms with Gasteiger partial charge in [0, 0.05) is 55.8 Å². The van der Waals surface area contributed by atoms with Crippen LogP contribution in [0.25, 0.3) is 0 Å². The molecule has 2 heterocycles. The van der Waals surface area contributed by atoms with Crippen molar-refractivity contribution >= 4 is 45.6 Å². The van der Waals surface area contributed by atoms with Crippen molar-refractivity contribution in [2.24, 2.45) is 0 Å². The lowest BCUT2D eigenvalue weighted by Crippen LogP contribution is -2.43. The van der Waals surface area contributed by atoms with E-state index in [1.807, 2.05) is 25.1 Å². The molecular weight excluding hydrogens is 440 g/mol. The van der Waals surface area contributed by atoms with Crippen molar-refractivity contribution in [1.29, 1.82) is 0 Å². The van der Waals surface area contributed by atoms with E-state index >= 15 is 0 Å². The van der Waals surface area contributed by atoms with E-state index in [0.29, 0.717) is 61.8 Å². The van der Waals surface area contributed by atoms with Crippen LogP contribution in [0.5, 0.6) is 0 Å². The van der Waals surface area contributed by atoms with Crippen LogP contribution in [0.4, 0.5) is 10.8 Å². The molecule has 1 aromatic carbocycles. The van der Waals surface area contributed by atoms with Gasteiger partial charge in [0.05, 0.1) is 19.8 Å². The van der Waals surface area contributed by atoms with E-state index in [4.69, 9.17) is 21.1 Å². The number of aromatic nitrogens is 1. The molecule has 0 bridgehead atoms. The molecule has 0 atom stereocenters. The fourth-order valence-corrected chi connectivity index (χ4v) is 4.02. The van der Waals surface area contributed by atoms with E-state index in [1.54, 1.807) is 22.3 Å². The number of aryl methyl sites for hydroxylation is 1. The molecule has 1 aromatic heterocycles. The Morgan fingerprint density at radius 1 is 1.32 bits per heavy atom. The summed E-state index contributed by atoms with van der Waals surface area (Å²) < 4.78 is 10.4. The molecule has 8 nitrogen and oxygen atoms in total. The highest BCUT2D eigenvalue weighted by Gasteiger charge is 2.22. The molecule has 2 aromatic rings. The van der Waals surface area contributed by atoms with Gasteiger partial charge in [0.15, 0.2) is 5.13 Å². The number of benzene rings is 1. The number of thiazole rings is 1. The molecule has 0 radical (unpaired) electrons. The number of hydrogen-bond donors (Lipinski definition) is 1. The highest BCUT2D eigenvalue weighted by molar-refractivity contribution is 7.14. The fourth-order valence-electron chi connectivity index (χ4n) is 3.15. The summed E-state index contributed by atoms with van der Waals surface area (Å²) in [7, 11) is 1.58. The van der Waals surface area contributed by atoms with E-state index in [2.05, 4.69) is 10.3 Å². The fraction of sp³-hybridized carbons (Fsp3) is 0.476. The Labute approximate surface area is 191 Å². The van der Waals surface area contributed by atoms with Crippen molar-refractivity contribution < 1.29 is 19.1 Å². The predicted molar refractivity (Wildman–Crippen MR) is 121 cm³/mol. The molecule has 0 spiro atoms. The van der Waals surface area contributed by atoms with Crippen molar-refractivity contribution in [2.75, 3.05) is 58.4 Å². The molecule has 1 aliphatic heterocycles. The summed E-state index contributed by atoms with van der Waals surface area (Å²) in [5.74, 6) is -0.200. The average Bonchev–Trinajstić information content (AvgIpc) is 3.25. The second kappa shape index (κ2) is 11.4. The third-order valence-corrected chi connectivity index (χ3v) is 5.97. The Bertz CT molecular complexity index is 901. The lowest BCUT2D eigenvalue weighted by molar-refractivity contribution is -0.135. The van der Waals surface area contributed by atoms with Crippen LogP contribution >= 0.6 is 22.9 Å². The number of ether oxygens (including phenoxy) is 2. The summed E-state index contributed by atoms with van der Waals surface area (Å²) in [6, 6.07) is 5.56. The Hall–Kier alpha value is -2.20. The van der Waals surface area contributed by atoms with Gasteiger partial charge in [-0.3, -0.25) is 9.59 Å². The molecular formula is C21H27ClN4O4S. The summed E-state index contributed by atoms with van der Waals surface area (Å²) in [6.07, 6.45) is 0.256. The molecule has 0 saturated carbocycles. The van der Waals surface area contributed by atoms with Crippen LogP contribution in [0.15, 0.2) is 23.6 Å². The van der Waals surface area contributed by atoms with Crippen LogP contribution in [-0.4, -0.2) is 79.7 Å². The second-order valence-electron chi connectivity index (χ2n) is 7.15. The highest BCUT2D eigenvalue weighted by atomic mass is 35.5. The number of carbonyl (C=O) groups is 2. The molecule has 0 unspecified atom stereocenters. The molecule has 1 fully saturated rings. The normalized spacial score (nSPS) is 13.8. The third-order valence-electron chi connectivity index (χ3n) is 4.98. The first-order valence-corrected chi connectivity index (χ1v) is 11.4. The number of rotatable bonds is 9. The van der Waals surface area contributed by atoms with E-state index in [1.165, 1.54) is 11.3 Å². The zero-order valence-electron chi connectivity index (χ0n) is 17.7. The molecule has 10 heteroatoms. The van der Waals surface area contributed by atoms with Gasteiger partial charge in [-0.15, -0.1) is 11.3 Å². The third kappa shape index (κ3) is 6.64. The van der Waals surface area contributed by atoms with Gasteiger partial charge >= 0.3 is 0 Å². The summed E-state index contributed by atoms with van der Waals surface area (Å²) in [5, 5.41) is 6.16. The molecule has 31 heavy (non-hydrogen) atoms. The van der Waals surface area contributed by atoms with Crippen LogP contribution < -0.4 is 5.32 Å². The quantitative estimate of drug-likeness (QED) is 0.611. The van der Waals surface area contributed by atoms with Gasteiger partial charge in [-0.05, 0) is 24.6 Å². The number of morpholine rings is 1. The Balaban J connectivity index is 1.64. The average molecular weight is 467 g/mol. The monoisotopic (exact) mass is 466 g/mol. The SMILES string of the molecule is COCCN(CCC(=O)N1CCOCC1)C(=O)c1csc(Nc2cc(Cl)ccc2C)n1. The maximum atomic E-state index is 13.0. The lowest BCUT2D eigenvalue weighted by Gasteiger charge is -2.28. The van der Waals surface area contributed by atoms with Crippen molar-refractivity contribution in [1.82, 2.24) is 14.8 Å². The summed E-state index contributed by atoms with van der Waals surface area (Å²) in [6.45, 7) is 5.34. The maximum Gasteiger partial charge on any atom is 0.273 e. The number of anilines is 2. The van der Waals surface area contributed by atoms with E-state index in [9.17, 15) is 9.59 Å².